The molecule has 0 bridgehead atoms. The summed E-state index contributed by atoms with van der Waals surface area (Å²) in [4.78, 5) is 26.5. The minimum atomic E-state index is -0.156. The van der Waals surface area contributed by atoms with Crippen LogP contribution < -0.4 is 24.4 Å². The molecule has 0 aliphatic carbocycles. The molecule has 1 saturated heterocycles. The quantitative estimate of drug-likeness (QED) is 0.831. The van der Waals surface area contributed by atoms with Gasteiger partial charge in [-0.3, -0.25) is 9.59 Å². The topological polar surface area (TPSA) is 77.1 Å². The van der Waals surface area contributed by atoms with Crippen molar-refractivity contribution < 1.29 is 23.8 Å². The minimum absolute atomic E-state index is 0.0409. The third kappa shape index (κ3) is 3.74. The van der Waals surface area contributed by atoms with Crippen LogP contribution in [0.5, 0.6) is 17.2 Å². The van der Waals surface area contributed by atoms with Gasteiger partial charge >= 0.3 is 0 Å². The van der Waals surface area contributed by atoms with E-state index in [-0.39, 0.29) is 24.5 Å². The van der Waals surface area contributed by atoms with E-state index in [0.717, 1.165) is 11.4 Å². The van der Waals surface area contributed by atoms with Gasteiger partial charge in [0.2, 0.25) is 12.7 Å². The van der Waals surface area contributed by atoms with Crippen LogP contribution in [-0.2, 0) is 4.79 Å². The van der Waals surface area contributed by atoms with E-state index >= 15 is 0 Å². The van der Waals surface area contributed by atoms with E-state index in [1.165, 1.54) is 0 Å². The van der Waals surface area contributed by atoms with Gasteiger partial charge in [-0.15, -0.1) is 0 Å². The van der Waals surface area contributed by atoms with Crippen molar-refractivity contribution in [2.45, 2.75) is 13.3 Å². The molecule has 1 fully saturated rings. The molecule has 4 rings (SSSR count). The Kier molecular flexibility index (Phi) is 5.06. The standard InChI is InChI=1S/C21H22N2O5/c1-2-26-17-6-3-15(4-7-17)21(25)22-11-14-9-20(24)23(12-14)16-5-8-18-19(10-16)28-13-27-18/h3-8,10,14H,2,9,11-13H2,1H3,(H,22,25). The molecule has 2 aromatic carbocycles. The lowest BCUT2D eigenvalue weighted by Crippen LogP contribution is -2.31. The molecule has 0 aromatic heterocycles. The smallest absolute Gasteiger partial charge is 0.251 e. The number of hydrogen-bond donors (Lipinski definition) is 1. The van der Waals surface area contributed by atoms with Crippen molar-refractivity contribution in [3.63, 3.8) is 0 Å². The minimum Gasteiger partial charge on any atom is -0.494 e. The maximum atomic E-state index is 12.4. The van der Waals surface area contributed by atoms with Crippen molar-refractivity contribution in [3.8, 4) is 17.2 Å². The molecule has 7 nitrogen and oxygen atoms in total. The van der Waals surface area contributed by atoms with Crippen molar-refractivity contribution in [1.29, 1.82) is 0 Å². The molecule has 7 heteroatoms. The summed E-state index contributed by atoms with van der Waals surface area (Å²) < 4.78 is 16.1. The van der Waals surface area contributed by atoms with E-state index in [2.05, 4.69) is 5.32 Å². The largest absolute Gasteiger partial charge is 0.494 e. The number of carbonyl (C=O) groups excluding carboxylic acids is 2. The van der Waals surface area contributed by atoms with Gasteiger partial charge in [-0.2, -0.15) is 0 Å². The SMILES string of the molecule is CCOc1ccc(C(=O)NCC2CC(=O)N(c3ccc4c(c3)OCO4)C2)cc1. The van der Waals surface area contributed by atoms with E-state index in [4.69, 9.17) is 14.2 Å². The van der Waals surface area contributed by atoms with Crippen molar-refractivity contribution in [2.24, 2.45) is 5.92 Å². The highest BCUT2D eigenvalue weighted by Crippen LogP contribution is 2.37. The Hall–Kier alpha value is -3.22. The zero-order chi connectivity index (χ0) is 19.5. The summed E-state index contributed by atoms with van der Waals surface area (Å²) in [5.41, 5.74) is 1.36. The molecule has 0 saturated carbocycles. The number of benzene rings is 2. The molecule has 28 heavy (non-hydrogen) atoms. The number of rotatable bonds is 6. The third-order valence-corrected chi connectivity index (χ3v) is 4.85. The average molecular weight is 382 g/mol. The second-order valence-electron chi connectivity index (χ2n) is 6.78. The summed E-state index contributed by atoms with van der Waals surface area (Å²) in [6, 6.07) is 12.5. The molecule has 146 valence electrons. The zero-order valence-corrected chi connectivity index (χ0v) is 15.6. The van der Waals surface area contributed by atoms with Gasteiger partial charge in [0.25, 0.3) is 5.91 Å². The first-order chi connectivity index (χ1) is 13.6. The lowest BCUT2D eigenvalue weighted by atomic mass is 10.1. The Morgan fingerprint density at radius 2 is 1.96 bits per heavy atom. The molecule has 2 aliphatic heterocycles. The van der Waals surface area contributed by atoms with Gasteiger partial charge in [-0.25, -0.2) is 0 Å². The Morgan fingerprint density at radius 1 is 1.18 bits per heavy atom. The average Bonchev–Trinajstić information content (AvgIpc) is 3.32. The fourth-order valence-corrected chi connectivity index (χ4v) is 3.43. The number of nitrogens with one attached hydrogen (secondary N) is 1. The predicted octanol–water partition coefficient (Wildman–Crippen LogP) is 2.60. The number of amides is 2. The molecule has 2 amide bonds. The van der Waals surface area contributed by atoms with Crippen LogP contribution in [0, 0.1) is 5.92 Å². The first-order valence-corrected chi connectivity index (χ1v) is 9.35. The molecule has 1 unspecified atom stereocenters. The lowest BCUT2D eigenvalue weighted by Gasteiger charge is -2.17. The summed E-state index contributed by atoms with van der Waals surface area (Å²) in [5.74, 6) is 2.02. The summed E-state index contributed by atoms with van der Waals surface area (Å²) >= 11 is 0. The Morgan fingerprint density at radius 3 is 2.75 bits per heavy atom. The number of carbonyl (C=O) groups is 2. The van der Waals surface area contributed by atoms with Gasteiger partial charge in [0.15, 0.2) is 11.5 Å². The van der Waals surface area contributed by atoms with Gasteiger partial charge in [-0.05, 0) is 43.3 Å². The number of fused-ring (bicyclic) bond motifs is 1. The first kappa shape index (κ1) is 18.2. The lowest BCUT2D eigenvalue weighted by molar-refractivity contribution is -0.117. The number of hydrogen-bond acceptors (Lipinski definition) is 5. The normalized spacial score (nSPS) is 17.7. The van der Waals surface area contributed by atoms with E-state index in [1.54, 1.807) is 29.2 Å². The second kappa shape index (κ2) is 7.80. The van der Waals surface area contributed by atoms with Gasteiger partial charge in [0, 0.05) is 42.7 Å². The van der Waals surface area contributed by atoms with Crippen LogP contribution in [0.4, 0.5) is 5.69 Å². The number of anilines is 1. The Bertz CT molecular complexity index is 881. The van der Waals surface area contributed by atoms with Gasteiger partial charge < -0.3 is 24.4 Å². The van der Waals surface area contributed by atoms with Gasteiger partial charge in [0.05, 0.1) is 6.61 Å². The van der Waals surface area contributed by atoms with E-state index in [1.807, 2.05) is 25.1 Å². The van der Waals surface area contributed by atoms with Crippen molar-refractivity contribution >= 4 is 17.5 Å². The van der Waals surface area contributed by atoms with E-state index < -0.39 is 0 Å². The number of nitrogens with zero attached hydrogens (tertiary/aromatic N) is 1. The molecule has 2 heterocycles. The van der Waals surface area contributed by atoms with Crippen molar-refractivity contribution in [2.75, 3.05) is 31.4 Å². The van der Waals surface area contributed by atoms with Crippen LogP contribution in [-0.4, -0.2) is 38.3 Å². The maximum absolute atomic E-state index is 12.4. The molecular formula is C21H22N2O5. The molecule has 1 N–H and O–H groups in total. The predicted molar refractivity (Wildman–Crippen MR) is 103 cm³/mol. The van der Waals surface area contributed by atoms with Crippen LogP contribution in [0.3, 0.4) is 0 Å². The first-order valence-electron chi connectivity index (χ1n) is 9.35. The molecule has 2 aromatic rings. The van der Waals surface area contributed by atoms with E-state index in [0.29, 0.717) is 43.2 Å². The monoisotopic (exact) mass is 382 g/mol. The van der Waals surface area contributed by atoms with Gasteiger partial charge in [0.1, 0.15) is 5.75 Å². The van der Waals surface area contributed by atoms with Crippen molar-refractivity contribution in [1.82, 2.24) is 5.32 Å². The summed E-state index contributed by atoms with van der Waals surface area (Å²) in [6.07, 6.45) is 0.401. The second-order valence-corrected chi connectivity index (χ2v) is 6.78. The van der Waals surface area contributed by atoms with E-state index in [9.17, 15) is 9.59 Å². The van der Waals surface area contributed by atoms with Crippen molar-refractivity contribution in [3.05, 3.63) is 48.0 Å². The number of ether oxygens (including phenoxy) is 3. The fraction of sp³-hybridized carbons (Fsp3) is 0.333. The molecule has 1 atom stereocenters. The zero-order valence-electron chi connectivity index (χ0n) is 15.6. The Labute approximate surface area is 163 Å². The highest BCUT2D eigenvalue weighted by atomic mass is 16.7. The summed E-state index contributed by atoms with van der Waals surface area (Å²) in [5, 5.41) is 2.92. The highest BCUT2D eigenvalue weighted by molar-refractivity contribution is 5.97. The fourth-order valence-electron chi connectivity index (χ4n) is 3.43. The van der Waals surface area contributed by atoms with Crippen LogP contribution in [0.25, 0.3) is 0 Å². The highest BCUT2D eigenvalue weighted by Gasteiger charge is 2.31. The molecule has 2 aliphatic rings. The molecule has 0 spiro atoms. The summed E-state index contributed by atoms with van der Waals surface area (Å²) in [6.45, 7) is 3.70. The third-order valence-electron chi connectivity index (χ3n) is 4.85. The molecular weight excluding hydrogens is 360 g/mol. The summed E-state index contributed by atoms with van der Waals surface area (Å²) in [7, 11) is 0. The van der Waals surface area contributed by atoms with Crippen LogP contribution in [0.15, 0.2) is 42.5 Å². The molecule has 0 radical (unpaired) electrons. The van der Waals surface area contributed by atoms with Crippen LogP contribution in [0.1, 0.15) is 23.7 Å². The van der Waals surface area contributed by atoms with Gasteiger partial charge in [-0.1, -0.05) is 0 Å². The van der Waals surface area contributed by atoms with Crippen LogP contribution >= 0.6 is 0 Å². The van der Waals surface area contributed by atoms with Crippen LogP contribution in [0.2, 0.25) is 0 Å². The Balaban J connectivity index is 1.33. The maximum Gasteiger partial charge on any atom is 0.251 e.